The van der Waals surface area contributed by atoms with Crippen LogP contribution in [0.5, 0.6) is 5.75 Å². The highest BCUT2D eigenvalue weighted by atomic mass is 16.6. The molecule has 110 valence electrons. The molecule has 0 aliphatic rings. The van der Waals surface area contributed by atoms with E-state index in [2.05, 4.69) is 20.3 Å². The molecule has 22 heavy (non-hydrogen) atoms. The third-order valence-corrected chi connectivity index (χ3v) is 3.04. The second-order valence-corrected chi connectivity index (χ2v) is 4.36. The Morgan fingerprint density at radius 3 is 2.77 bits per heavy atom. The summed E-state index contributed by atoms with van der Waals surface area (Å²) in [4.78, 5) is 23.0. The molecule has 0 saturated carbocycles. The molecule has 0 radical (unpaired) electrons. The zero-order chi connectivity index (χ0) is 15.5. The maximum atomic E-state index is 11.1. The van der Waals surface area contributed by atoms with Crippen LogP contribution >= 0.6 is 0 Å². The zero-order valence-corrected chi connectivity index (χ0v) is 11.6. The molecule has 1 N–H and O–H groups in total. The molecular weight excluding hydrogens is 286 g/mol. The first-order chi connectivity index (χ1) is 10.7. The first kappa shape index (κ1) is 13.7. The minimum absolute atomic E-state index is 0.145. The van der Waals surface area contributed by atoms with Gasteiger partial charge in [-0.1, -0.05) is 6.07 Å². The molecule has 0 fully saturated rings. The molecule has 3 aromatic rings. The third-order valence-electron chi connectivity index (χ3n) is 3.04. The van der Waals surface area contributed by atoms with E-state index in [-0.39, 0.29) is 11.4 Å². The number of rotatable bonds is 4. The van der Waals surface area contributed by atoms with Crippen molar-refractivity contribution >= 4 is 28.2 Å². The molecule has 3 rings (SSSR count). The molecule has 0 unspecified atom stereocenters. The van der Waals surface area contributed by atoms with Gasteiger partial charge in [0.05, 0.1) is 22.9 Å². The molecular formula is C14H11N5O3. The second kappa shape index (κ2) is 5.60. The van der Waals surface area contributed by atoms with Gasteiger partial charge in [-0.15, -0.1) is 0 Å². The summed E-state index contributed by atoms with van der Waals surface area (Å²) in [5.41, 5.74) is 0.393. The van der Waals surface area contributed by atoms with Crippen LogP contribution in [0, 0.1) is 10.1 Å². The number of ether oxygens (including phenoxy) is 1. The highest BCUT2D eigenvalue weighted by Crippen LogP contribution is 2.33. The molecule has 8 nitrogen and oxygen atoms in total. The van der Waals surface area contributed by atoms with Crippen molar-refractivity contribution in [3.05, 3.63) is 53.0 Å². The van der Waals surface area contributed by atoms with Crippen LogP contribution in [0.3, 0.4) is 0 Å². The lowest BCUT2D eigenvalue weighted by atomic mass is 10.2. The second-order valence-electron chi connectivity index (χ2n) is 4.36. The van der Waals surface area contributed by atoms with Crippen LogP contribution in [0.2, 0.25) is 0 Å². The van der Waals surface area contributed by atoms with E-state index in [9.17, 15) is 10.1 Å². The summed E-state index contributed by atoms with van der Waals surface area (Å²) in [6.07, 6.45) is 3.01. The molecule has 2 heterocycles. The molecule has 1 aromatic carbocycles. The van der Waals surface area contributed by atoms with Crippen LogP contribution < -0.4 is 10.1 Å². The molecule has 0 spiro atoms. The molecule has 0 saturated heterocycles. The summed E-state index contributed by atoms with van der Waals surface area (Å²) in [5.74, 6) is 1.18. The summed E-state index contributed by atoms with van der Waals surface area (Å²) in [5, 5.41) is 14.7. The number of nitrogens with zero attached hydrogens (tertiary/aromatic N) is 4. The molecule has 0 bridgehead atoms. The van der Waals surface area contributed by atoms with E-state index in [0.717, 1.165) is 0 Å². The number of aromatic nitrogens is 3. The van der Waals surface area contributed by atoms with E-state index in [4.69, 9.17) is 4.74 Å². The van der Waals surface area contributed by atoms with E-state index in [1.165, 1.54) is 25.6 Å². The van der Waals surface area contributed by atoms with E-state index >= 15 is 0 Å². The van der Waals surface area contributed by atoms with Crippen LogP contribution in [0.15, 0.2) is 42.9 Å². The van der Waals surface area contributed by atoms with Crippen molar-refractivity contribution in [1.29, 1.82) is 0 Å². The van der Waals surface area contributed by atoms with Crippen LogP contribution in [0.25, 0.3) is 10.9 Å². The van der Waals surface area contributed by atoms with Crippen LogP contribution in [0.4, 0.5) is 17.3 Å². The van der Waals surface area contributed by atoms with E-state index in [0.29, 0.717) is 22.5 Å². The Kier molecular flexibility index (Phi) is 3.48. The third kappa shape index (κ3) is 2.49. The fourth-order valence-electron chi connectivity index (χ4n) is 2.04. The van der Waals surface area contributed by atoms with Crippen molar-refractivity contribution in [2.45, 2.75) is 0 Å². The lowest BCUT2D eigenvalue weighted by Crippen LogP contribution is -1.99. The summed E-state index contributed by atoms with van der Waals surface area (Å²) < 4.78 is 5.04. The van der Waals surface area contributed by atoms with Gasteiger partial charge in [-0.2, -0.15) is 0 Å². The quantitative estimate of drug-likeness (QED) is 0.583. The van der Waals surface area contributed by atoms with Crippen molar-refractivity contribution in [3.8, 4) is 5.75 Å². The average Bonchev–Trinajstić information content (AvgIpc) is 2.54. The largest absolute Gasteiger partial charge is 0.490 e. The normalized spacial score (nSPS) is 10.4. The summed E-state index contributed by atoms with van der Waals surface area (Å²) >= 11 is 0. The number of fused-ring (bicyclic) bond motifs is 1. The van der Waals surface area contributed by atoms with Crippen molar-refractivity contribution in [2.75, 3.05) is 12.4 Å². The maximum absolute atomic E-state index is 11.1. The monoisotopic (exact) mass is 297 g/mol. The number of benzene rings is 1. The minimum atomic E-state index is -0.504. The predicted octanol–water partition coefficient (Wildman–Crippen LogP) is 2.69. The lowest BCUT2D eigenvalue weighted by Gasteiger charge is -2.08. The Labute approximate surface area is 125 Å². The molecule has 0 aliphatic heterocycles. The Hall–Kier alpha value is -3.29. The number of hydrogen-bond donors (Lipinski definition) is 1. The van der Waals surface area contributed by atoms with Crippen molar-refractivity contribution < 1.29 is 9.66 Å². The van der Waals surface area contributed by atoms with Crippen molar-refractivity contribution in [3.63, 3.8) is 0 Å². The smallest absolute Gasteiger partial charge is 0.311 e. The number of nitro groups is 1. The maximum Gasteiger partial charge on any atom is 0.311 e. The number of nitro benzene ring substituents is 1. The van der Waals surface area contributed by atoms with Gasteiger partial charge in [0, 0.05) is 18.3 Å². The Morgan fingerprint density at radius 2 is 2.09 bits per heavy atom. The van der Waals surface area contributed by atoms with Gasteiger partial charge in [0.2, 0.25) is 0 Å². The summed E-state index contributed by atoms with van der Waals surface area (Å²) in [7, 11) is 1.38. The number of methoxy groups -OCH3 is 1. The molecule has 0 atom stereocenters. The fraction of sp³-hybridized carbons (Fsp3) is 0.0714. The standard InChI is InChI=1S/C14H11N5O3/c1-22-12-7-10-9(6-11(12)19(20)21)14(17-8-16-10)18-13-4-2-3-5-15-13/h2-8H,1H3,(H,15,16,17,18). The summed E-state index contributed by atoms with van der Waals surface area (Å²) in [6, 6.07) is 8.28. The number of pyridine rings is 1. The van der Waals surface area contributed by atoms with Crippen LogP contribution in [-0.4, -0.2) is 27.0 Å². The van der Waals surface area contributed by atoms with Gasteiger partial charge in [0.15, 0.2) is 5.75 Å². The summed E-state index contributed by atoms with van der Waals surface area (Å²) in [6.45, 7) is 0. The van der Waals surface area contributed by atoms with E-state index < -0.39 is 4.92 Å². The molecule has 8 heteroatoms. The first-order valence-electron chi connectivity index (χ1n) is 6.34. The Bertz CT molecular complexity index is 839. The van der Waals surface area contributed by atoms with Crippen molar-refractivity contribution in [2.24, 2.45) is 0 Å². The topological polar surface area (TPSA) is 103 Å². The molecule has 0 aliphatic carbocycles. The van der Waals surface area contributed by atoms with Gasteiger partial charge in [-0.25, -0.2) is 15.0 Å². The highest BCUT2D eigenvalue weighted by molar-refractivity contribution is 5.93. The molecule has 0 amide bonds. The number of hydrogen-bond acceptors (Lipinski definition) is 7. The number of nitrogens with one attached hydrogen (secondary N) is 1. The Morgan fingerprint density at radius 1 is 1.23 bits per heavy atom. The lowest BCUT2D eigenvalue weighted by molar-refractivity contribution is -0.385. The van der Waals surface area contributed by atoms with Crippen LogP contribution in [0.1, 0.15) is 0 Å². The number of anilines is 2. The van der Waals surface area contributed by atoms with E-state index in [1.54, 1.807) is 18.3 Å². The van der Waals surface area contributed by atoms with Crippen LogP contribution in [-0.2, 0) is 0 Å². The average molecular weight is 297 g/mol. The predicted molar refractivity (Wildman–Crippen MR) is 80.3 cm³/mol. The Balaban J connectivity index is 2.15. The SMILES string of the molecule is COc1cc2ncnc(Nc3ccccn3)c2cc1[N+](=O)[O-]. The fourth-order valence-corrected chi connectivity index (χ4v) is 2.04. The van der Waals surface area contributed by atoms with Gasteiger partial charge in [0.1, 0.15) is 18.0 Å². The minimum Gasteiger partial charge on any atom is -0.490 e. The van der Waals surface area contributed by atoms with Gasteiger partial charge >= 0.3 is 5.69 Å². The molecule has 2 aromatic heterocycles. The van der Waals surface area contributed by atoms with Gasteiger partial charge < -0.3 is 10.1 Å². The van der Waals surface area contributed by atoms with Crippen molar-refractivity contribution in [1.82, 2.24) is 15.0 Å². The van der Waals surface area contributed by atoms with Gasteiger partial charge in [-0.05, 0) is 12.1 Å². The highest BCUT2D eigenvalue weighted by Gasteiger charge is 2.18. The van der Waals surface area contributed by atoms with Gasteiger partial charge in [0.25, 0.3) is 0 Å². The van der Waals surface area contributed by atoms with E-state index in [1.807, 2.05) is 6.07 Å². The first-order valence-corrected chi connectivity index (χ1v) is 6.34. The zero-order valence-electron chi connectivity index (χ0n) is 11.6. The van der Waals surface area contributed by atoms with Gasteiger partial charge in [-0.3, -0.25) is 10.1 Å².